The molecule has 0 aromatic carbocycles. The van der Waals surface area contributed by atoms with E-state index < -0.39 is 0 Å². The van der Waals surface area contributed by atoms with E-state index in [-0.39, 0.29) is 12.1 Å². The largest absolute Gasteiger partial charge is 0.463 e. The zero-order chi connectivity index (χ0) is 23.5. The molecule has 2 heteroatoms. The van der Waals surface area contributed by atoms with Gasteiger partial charge in [-0.15, -0.1) is 0 Å². The van der Waals surface area contributed by atoms with Crippen molar-refractivity contribution in [3.05, 3.63) is 12.2 Å². The van der Waals surface area contributed by atoms with Gasteiger partial charge in [-0.2, -0.15) is 0 Å². The normalized spacial score (nSPS) is 12.5. The van der Waals surface area contributed by atoms with Crippen LogP contribution in [0.2, 0.25) is 0 Å². The standard InChI is InChI=1S/C30H58O2/c1-4-6-8-10-11-12-13-14-15-16-17-18-19-20-21-22-23-24-26-28-30(31)32-29(3)27-25-9-7-5-2/h14-15,29H,4-13,16-28H2,1-3H3/b15-14-. The first-order valence-electron chi connectivity index (χ1n) is 14.5. The van der Waals surface area contributed by atoms with E-state index in [4.69, 9.17) is 4.74 Å². The molecule has 0 rings (SSSR count). The summed E-state index contributed by atoms with van der Waals surface area (Å²) in [4.78, 5) is 11.9. The van der Waals surface area contributed by atoms with Gasteiger partial charge in [0.2, 0.25) is 0 Å². The summed E-state index contributed by atoms with van der Waals surface area (Å²) in [6.45, 7) is 6.54. The second-order valence-electron chi connectivity index (χ2n) is 9.90. The van der Waals surface area contributed by atoms with Crippen molar-refractivity contribution in [1.82, 2.24) is 0 Å². The molecule has 0 aliphatic carbocycles. The van der Waals surface area contributed by atoms with Crippen LogP contribution in [0.4, 0.5) is 0 Å². The highest BCUT2D eigenvalue weighted by atomic mass is 16.5. The van der Waals surface area contributed by atoms with Crippen LogP contribution in [0.1, 0.15) is 168 Å². The Morgan fingerprint density at radius 3 is 1.50 bits per heavy atom. The molecule has 0 spiro atoms. The Labute approximate surface area is 202 Å². The van der Waals surface area contributed by atoms with Gasteiger partial charge in [0.05, 0.1) is 6.10 Å². The first kappa shape index (κ1) is 31.2. The number of hydrogen-bond donors (Lipinski definition) is 0. The summed E-state index contributed by atoms with van der Waals surface area (Å²) >= 11 is 0. The maximum Gasteiger partial charge on any atom is 0.306 e. The molecule has 32 heavy (non-hydrogen) atoms. The lowest BCUT2D eigenvalue weighted by molar-refractivity contribution is -0.148. The van der Waals surface area contributed by atoms with Crippen LogP contribution in [0.15, 0.2) is 12.2 Å². The quantitative estimate of drug-likeness (QED) is 0.0785. The van der Waals surface area contributed by atoms with E-state index in [1.54, 1.807) is 0 Å². The number of unbranched alkanes of at least 4 members (excludes halogenated alkanes) is 18. The summed E-state index contributed by atoms with van der Waals surface area (Å²) < 4.78 is 5.52. The number of esters is 1. The van der Waals surface area contributed by atoms with Gasteiger partial charge in [0, 0.05) is 6.42 Å². The van der Waals surface area contributed by atoms with Crippen molar-refractivity contribution in [2.24, 2.45) is 0 Å². The van der Waals surface area contributed by atoms with E-state index >= 15 is 0 Å². The molecule has 190 valence electrons. The van der Waals surface area contributed by atoms with Gasteiger partial charge >= 0.3 is 5.97 Å². The monoisotopic (exact) mass is 450 g/mol. The minimum absolute atomic E-state index is 0.00835. The molecule has 0 fully saturated rings. The average molecular weight is 451 g/mol. The van der Waals surface area contributed by atoms with Crippen LogP contribution in [0.5, 0.6) is 0 Å². The summed E-state index contributed by atoms with van der Waals surface area (Å²) in [6.07, 6.45) is 34.0. The molecular weight excluding hydrogens is 392 g/mol. The van der Waals surface area contributed by atoms with E-state index in [1.807, 2.05) is 6.92 Å². The fraction of sp³-hybridized carbons (Fsp3) is 0.900. The molecule has 0 N–H and O–H groups in total. The number of allylic oxidation sites excluding steroid dienone is 2. The molecule has 1 unspecified atom stereocenters. The van der Waals surface area contributed by atoms with Gasteiger partial charge in [-0.3, -0.25) is 4.79 Å². The zero-order valence-corrected chi connectivity index (χ0v) is 22.3. The van der Waals surface area contributed by atoms with Crippen molar-refractivity contribution in [2.75, 3.05) is 0 Å². The smallest absolute Gasteiger partial charge is 0.306 e. The lowest BCUT2D eigenvalue weighted by atomic mass is 10.1. The third kappa shape index (κ3) is 25.5. The third-order valence-corrected chi connectivity index (χ3v) is 6.44. The number of carbonyl (C=O) groups is 1. The Morgan fingerprint density at radius 2 is 1.00 bits per heavy atom. The molecule has 2 nitrogen and oxygen atoms in total. The number of carbonyl (C=O) groups excluding carboxylic acids is 1. The molecule has 0 radical (unpaired) electrons. The summed E-state index contributed by atoms with van der Waals surface area (Å²) in [5.74, 6) is 0.00835. The fourth-order valence-electron chi connectivity index (χ4n) is 4.25. The first-order valence-corrected chi connectivity index (χ1v) is 14.5. The predicted octanol–water partition coefficient (Wildman–Crippen LogP) is 10.5. The number of rotatable bonds is 25. The minimum Gasteiger partial charge on any atom is -0.463 e. The van der Waals surface area contributed by atoms with Crippen LogP contribution in [0.25, 0.3) is 0 Å². The molecular formula is C30H58O2. The maximum absolute atomic E-state index is 11.9. The summed E-state index contributed by atoms with van der Waals surface area (Å²) in [6, 6.07) is 0. The Hall–Kier alpha value is -0.790. The lowest BCUT2D eigenvalue weighted by Gasteiger charge is -2.13. The Bertz CT molecular complexity index is 402. The highest BCUT2D eigenvalue weighted by Gasteiger charge is 2.08. The van der Waals surface area contributed by atoms with Crippen molar-refractivity contribution in [3.8, 4) is 0 Å². The zero-order valence-electron chi connectivity index (χ0n) is 22.3. The maximum atomic E-state index is 11.9. The van der Waals surface area contributed by atoms with Crippen LogP contribution < -0.4 is 0 Å². The third-order valence-electron chi connectivity index (χ3n) is 6.44. The van der Waals surface area contributed by atoms with Gasteiger partial charge in [-0.1, -0.05) is 122 Å². The lowest BCUT2D eigenvalue weighted by Crippen LogP contribution is -2.14. The van der Waals surface area contributed by atoms with Crippen molar-refractivity contribution >= 4 is 5.97 Å². The molecule has 0 aromatic heterocycles. The molecule has 0 saturated heterocycles. The SMILES string of the molecule is CCCCCCCC/C=C\CCCCCCCCCCCC(=O)OC(C)CCCCCC. The van der Waals surface area contributed by atoms with E-state index in [9.17, 15) is 4.79 Å². The van der Waals surface area contributed by atoms with Gasteiger partial charge in [-0.25, -0.2) is 0 Å². The summed E-state index contributed by atoms with van der Waals surface area (Å²) in [5.41, 5.74) is 0. The molecule has 0 aliphatic heterocycles. The Morgan fingerprint density at radius 1 is 0.594 bits per heavy atom. The van der Waals surface area contributed by atoms with Crippen molar-refractivity contribution in [1.29, 1.82) is 0 Å². The molecule has 0 aliphatic rings. The van der Waals surface area contributed by atoms with E-state index in [2.05, 4.69) is 26.0 Å². The van der Waals surface area contributed by atoms with Gasteiger partial charge in [-0.05, 0) is 51.9 Å². The Kier molecular flexibility index (Phi) is 25.8. The number of hydrogen-bond acceptors (Lipinski definition) is 2. The van der Waals surface area contributed by atoms with Gasteiger partial charge in [0.25, 0.3) is 0 Å². The molecule has 0 amide bonds. The van der Waals surface area contributed by atoms with E-state index in [1.165, 1.54) is 128 Å². The highest BCUT2D eigenvalue weighted by molar-refractivity contribution is 5.69. The second-order valence-corrected chi connectivity index (χ2v) is 9.90. The topological polar surface area (TPSA) is 26.3 Å². The predicted molar refractivity (Wildman–Crippen MR) is 142 cm³/mol. The first-order chi connectivity index (χ1) is 15.7. The second kappa shape index (κ2) is 26.5. The van der Waals surface area contributed by atoms with Gasteiger partial charge in [0.1, 0.15) is 0 Å². The van der Waals surface area contributed by atoms with E-state index in [0.29, 0.717) is 6.42 Å². The van der Waals surface area contributed by atoms with Gasteiger partial charge in [0.15, 0.2) is 0 Å². The minimum atomic E-state index is 0.00835. The average Bonchev–Trinajstić information content (AvgIpc) is 2.78. The van der Waals surface area contributed by atoms with Gasteiger partial charge < -0.3 is 4.74 Å². The highest BCUT2D eigenvalue weighted by Crippen LogP contribution is 2.13. The van der Waals surface area contributed by atoms with Crippen molar-refractivity contribution in [2.45, 2.75) is 175 Å². The molecule has 1 atom stereocenters. The molecule has 0 heterocycles. The van der Waals surface area contributed by atoms with Crippen LogP contribution in [-0.2, 0) is 9.53 Å². The van der Waals surface area contributed by atoms with Crippen molar-refractivity contribution in [3.63, 3.8) is 0 Å². The summed E-state index contributed by atoms with van der Waals surface area (Å²) in [5, 5.41) is 0. The molecule has 0 bridgehead atoms. The van der Waals surface area contributed by atoms with Crippen LogP contribution in [0.3, 0.4) is 0 Å². The van der Waals surface area contributed by atoms with Crippen LogP contribution in [-0.4, -0.2) is 12.1 Å². The van der Waals surface area contributed by atoms with E-state index in [0.717, 1.165) is 12.8 Å². The van der Waals surface area contributed by atoms with Crippen molar-refractivity contribution < 1.29 is 9.53 Å². The molecule has 0 aromatic rings. The molecule has 0 saturated carbocycles. The Balaban J connectivity index is 3.25. The number of ether oxygens (including phenoxy) is 1. The fourth-order valence-corrected chi connectivity index (χ4v) is 4.25. The summed E-state index contributed by atoms with van der Waals surface area (Å²) in [7, 11) is 0. The van der Waals surface area contributed by atoms with Crippen LogP contribution >= 0.6 is 0 Å². The van der Waals surface area contributed by atoms with Crippen LogP contribution in [0, 0.1) is 0 Å².